The van der Waals surface area contributed by atoms with Crippen LogP contribution in [0.1, 0.15) is 71.1 Å². The Morgan fingerprint density at radius 3 is 1.61 bits per heavy atom. The molecule has 0 aliphatic carbocycles. The van der Waals surface area contributed by atoms with Gasteiger partial charge in [-0.25, -0.2) is 0 Å². The fourth-order valence-corrected chi connectivity index (χ4v) is 2.53. The first-order valence-corrected chi connectivity index (χ1v) is 8.41. The van der Waals surface area contributed by atoms with Crippen LogP contribution in [0.3, 0.4) is 0 Å². The van der Waals surface area contributed by atoms with E-state index in [0.29, 0.717) is 19.4 Å². The van der Waals surface area contributed by atoms with Crippen LogP contribution in [-0.2, 0) is 0 Å². The van der Waals surface area contributed by atoms with Gasteiger partial charge in [-0.05, 0) is 12.3 Å². The molecule has 0 saturated carbocycles. The van der Waals surface area contributed by atoms with Crippen molar-refractivity contribution < 1.29 is 26.3 Å². The molecular weight excluding hydrogens is 320 g/mol. The van der Waals surface area contributed by atoms with Crippen molar-refractivity contribution in [3.63, 3.8) is 0 Å². The lowest BCUT2D eigenvalue weighted by Crippen LogP contribution is -2.21. The van der Waals surface area contributed by atoms with Crippen LogP contribution in [0.15, 0.2) is 0 Å². The number of unbranched alkanes of at least 4 members (excludes halogenated alkanes) is 5. The van der Waals surface area contributed by atoms with Crippen molar-refractivity contribution in [3.8, 4) is 0 Å². The lowest BCUT2D eigenvalue weighted by atomic mass is 9.94. The molecule has 0 aliphatic heterocycles. The number of rotatable bonds is 13. The van der Waals surface area contributed by atoms with Gasteiger partial charge in [0.05, 0.1) is 0 Å². The number of hydrogen-bond donors (Lipinski definition) is 0. The van der Waals surface area contributed by atoms with Crippen LogP contribution >= 0.6 is 0 Å². The van der Waals surface area contributed by atoms with E-state index in [0.717, 1.165) is 32.2 Å². The minimum atomic E-state index is -4.54. The highest BCUT2D eigenvalue weighted by Crippen LogP contribution is 2.35. The minimum Gasteiger partial charge on any atom is -0.662 e. The Kier molecular flexibility index (Phi) is 11.7. The highest BCUT2D eigenvalue weighted by atomic mass is 19.4. The summed E-state index contributed by atoms with van der Waals surface area (Å²) in [4.78, 5) is 0. The molecule has 140 valence electrons. The lowest BCUT2D eigenvalue weighted by molar-refractivity contribution is -0.173. The van der Waals surface area contributed by atoms with Crippen LogP contribution in [0, 0.1) is 5.92 Å². The maximum atomic E-state index is 12.3. The number of hydrogen-bond acceptors (Lipinski definition) is 0. The van der Waals surface area contributed by atoms with E-state index in [4.69, 9.17) is 0 Å². The molecule has 0 fully saturated rings. The first-order valence-electron chi connectivity index (χ1n) is 8.41. The van der Waals surface area contributed by atoms with Crippen molar-refractivity contribution >= 4 is 0 Å². The maximum Gasteiger partial charge on any atom is 0.389 e. The molecule has 0 aromatic heterocycles. The fraction of sp³-hybridized carbons (Fsp3) is 1.00. The average molecular weight is 348 g/mol. The molecule has 0 heterocycles. The van der Waals surface area contributed by atoms with Gasteiger partial charge in [0.25, 0.3) is 0 Å². The molecular formula is C16H28F6N-. The summed E-state index contributed by atoms with van der Waals surface area (Å²) >= 11 is 0. The molecule has 0 aromatic carbocycles. The van der Waals surface area contributed by atoms with Crippen LogP contribution in [0.4, 0.5) is 26.3 Å². The van der Waals surface area contributed by atoms with Crippen LogP contribution in [0.2, 0.25) is 0 Å². The largest absolute Gasteiger partial charge is 0.662 e. The third kappa shape index (κ3) is 17.7. The number of halogens is 6. The van der Waals surface area contributed by atoms with E-state index in [1.165, 1.54) is 6.42 Å². The van der Waals surface area contributed by atoms with Gasteiger partial charge in [-0.2, -0.15) is 26.3 Å². The van der Waals surface area contributed by atoms with E-state index >= 15 is 0 Å². The van der Waals surface area contributed by atoms with Crippen LogP contribution in [0.5, 0.6) is 0 Å². The molecule has 7 heteroatoms. The molecule has 0 bridgehead atoms. The predicted molar refractivity (Wildman–Crippen MR) is 80.5 cm³/mol. The molecule has 0 unspecified atom stereocenters. The van der Waals surface area contributed by atoms with Gasteiger partial charge in [-0.1, -0.05) is 51.9 Å². The van der Waals surface area contributed by atoms with Gasteiger partial charge in [0.2, 0.25) is 0 Å². The standard InChI is InChI=1S/C16H28F6N/c1-2-3-4-7-10-23-11-8-5-6-9-14(12-15(17,18)19)13-16(20,21)22/h14H,2-13H2,1H3/q-1. The molecule has 0 aromatic rings. The topological polar surface area (TPSA) is 14.1 Å². The number of alkyl halides is 6. The normalized spacial score (nSPS) is 13.0. The Labute approximate surface area is 135 Å². The van der Waals surface area contributed by atoms with Gasteiger partial charge < -0.3 is 5.32 Å². The van der Waals surface area contributed by atoms with Gasteiger partial charge >= 0.3 is 12.4 Å². The first-order chi connectivity index (χ1) is 10.6. The summed E-state index contributed by atoms with van der Waals surface area (Å²) in [5.41, 5.74) is 0. The number of nitrogens with zero attached hydrogens (tertiary/aromatic N) is 1. The summed E-state index contributed by atoms with van der Waals surface area (Å²) in [5.74, 6) is -1.36. The zero-order valence-corrected chi connectivity index (χ0v) is 13.8. The van der Waals surface area contributed by atoms with E-state index in [1.807, 2.05) is 0 Å². The molecule has 0 amide bonds. The molecule has 23 heavy (non-hydrogen) atoms. The summed E-state index contributed by atoms with van der Waals surface area (Å²) in [7, 11) is 0. The summed E-state index contributed by atoms with van der Waals surface area (Å²) < 4.78 is 73.8. The SMILES string of the molecule is CCCCCC[N-]CCCCCC(CC(F)(F)F)CC(F)(F)F. The molecule has 0 spiro atoms. The van der Waals surface area contributed by atoms with E-state index in [1.54, 1.807) is 0 Å². The van der Waals surface area contributed by atoms with E-state index in [9.17, 15) is 26.3 Å². The minimum absolute atomic E-state index is 0.0322. The quantitative estimate of drug-likeness (QED) is 0.251. The van der Waals surface area contributed by atoms with Crippen molar-refractivity contribution in [2.75, 3.05) is 13.1 Å². The monoisotopic (exact) mass is 348 g/mol. The highest BCUT2D eigenvalue weighted by Gasteiger charge is 2.38. The zero-order chi connectivity index (χ0) is 17.8. The lowest BCUT2D eigenvalue weighted by Gasteiger charge is -2.21. The fourth-order valence-electron chi connectivity index (χ4n) is 2.53. The zero-order valence-electron chi connectivity index (χ0n) is 13.8. The van der Waals surface area contributed by atoms with Crippen molar-refractivity contribution in [2.24, 2.45) is 5.92 Å². The molecule has 0 saturated heterocycles. The Hall–Kier alpha value is -0.460. The molecule has 0 atom stereocenters. The molecule has 0 radical (unpaired) electrons. The second-order valence-corrected chi connectivity index (χ2v) is 6.09. The second-order valence-electron chi connectivity index (χ2n) is 6.09. The van der Waals surface area contributed by atoms with Crippen molar-refractivity contribution in [2.45, 2.75) is 83.5 Å². The van der Waals surface area contributed by atoms with E-state index in [2.05, 4.69) is 12.2 Å². The maximum absolute atomic E-state index is 12.3. The third-order valence-corrected chi connectivity index (χ3v) is 3.64. The molecule has 0 aliphatic rings. The smallest absolute Gasteiger partial charge is 0.389 e. The summed E-state index contributed by atoms with van der Waals surface area (Å²) in [6.45, 7) is 3.57. The van der Waals surface area contributed by atoms with Gasteiger partial charge in [0, 0.05) is 12.8 Å². The van der Waals surface area contributed by atoms with Crippen molar-refractivity contribution in [3.05, 3.63) is 5.32 Å². The average Bonchev–Trinajstić information content (AvgIpc) is 2.37. The van der Waals surface area contributed by atoms with Gasteiger partial charge in [0.15, 0.2) is 0 Å². The Bertz CT molecular complexity index is 259. The Morgan fingerprint density at radius 2 is 1.17 bits per heavy atom. The third-order valence-electron chi connectivity index (χ3n) is 3.64. The molecule has 1 nitrogen and oxygen atoms in total. The molecule has 0 N–H and O–H groups in total. The summed E-state index contributed by atoms with van der Waals surface area (Å²) in [5, 5.41) is 4.32. The van der Waals surface area contributed by atoms with E-state index < -0.39 is 31.1 Å². The molecule has 0 rings (SSSR count). The van der Waals surface area contributed by atoms with E-state index in [-0.39, 0.29) is 6.42 Å². The summed E-state index contributed by atoms with van der Waals surface area (Å²) in [6.07, 6.45) is -5.51. The van der Waals surface area contributed by atoms with Crippen LogP contribution in [0.25, 0.3) is 5.32 Å². The van der Waals surface area contributed by atoms with Crippen LogP contribution < -0.4 is 0 Å². The van der Waals surface area contributed by atoms with Crippen molar-refractivity contribution in [1.29, 1.82) is 0 Å². The highest BCUT2D eigenvalue weighted by molar-refractivity contribution is 4.78. The van der Waals surface area contributed by atoms with Gasteiger partial charge in [0.1, 0.15) is 0 Å². The van der Waals surface area contributed by atoms with Gasteiger partial charge in [-0.3, -0.25) is 0 Å². The second kappa shape index (κ2) is 12.0. The Morgan fingerprint density at radius 1 is 0.696 bits per heavy atom. The first kappa shape index (κ1) is 22.5. The predicted octanol–water partition coefficient (Wildman–Crippen LogP) is 7.02. The van der Waals surface area contributed by atoms with Crippen molar-refractivity contribution in [1.82, 2.24) is 0 Å². The summed E-state index contributed by atoms with van der Waals surface area (Å²) in [6, 6.07) is 0. The van der Waals surface area contributed by atoms with Gasteiger partial charge in [-0.15, -0.1) is 13.1 Å². The Balaban J connectivity index is 3.74. The van der Waals surface area contributed by atoms with Crippen LogP contribution in [-0.4, -0.2) is 25.4 Å².